The van der Waals surface area contributed by atoms with E-state index in [0.717, 1.165) is 0 Å². The maximum Gasteiger partial charge on any atom is 0.337 e. The third-order valence-corrected chi connectivity index (χ3v) is 8.54. The normalized spacial score (nSPS) is 15.4. The molecule has 1 atom stereocenters. The lowest BCUT2D eigenvalue weighted by Gasteiger charge is -2.28. The third kappa shape index (κ3) is 6.21. The van der Waals surface area contributed by atoms with Crippen LogP contribution in [0.2, 0.25) is 0 Å². The lowest BCUT2D eigenvalue weighted by molar-refractivity contribution is -0.160. The van der Waals surface area contributed by atoms with Crippen molar-refractivity contribution in [2.45, 2.75) is 78.6 Å². The highest BCUT2D eigenvalue weighted by atomic mass is 19.1. The van der Waals surface area contributed by atoms with Gasteiger partial charge < -0.3 is 24.8 Å². The van der Waals surface area contributed by atoms with Crippen molar-refractivity contribution in [2.75, 3.05) is 18.1 Å². The number of carbonyl (C=O) groups is 3. The number of nitrogens with zero attached hydrogens (tertiary/aromatic N) is 4. The summed E-state index contributed by atoms with van der Waals surface area (Å²) >= 11 is 0. The number of halogens is 2. The van der Waals surface area contributed by atoms with E-state index in [0.29, 0.717) is 66.8 Å². The molecule has 4 aromatic rings. The van der Waals surface area contributed by atoms with Gasteiger partial charge in [0.25, 0.3) is 5.91 Å². The van der Waals surface area contributed by atoms with Crippen LogP contribution in [0.15, 0.2) is 30.3 Å². The highest BCUT2D eigenvalue weighted by Gasteiger charge is 2.35. The Morgan fingerprint density at radius 2 is 1.88 bits per heavy atom. The smallest absolute Gasteiger partial charge is 0.337 e. The Morgan fingerprint density at radius 1 is 1.10 bits per heavy atom. The van der Waals surface area contributed by atoms with Crippen molar-refractivity contribution < 1.29 is 37.7 Å². The Balaban J connectivity index is 1.43. The first-order chi connectivity index (χ1) is 22.7. The Bertz CT molecular complexity index is 1970. The third-order valence-electron chi connectivity index (χ3n) is 8.54. The van der Waals surface area contributed by atoms with Gasteiger partial charge in [0.2, 0.25) is 5.91 Å². The van der Waals surface area contributed by atoms with E-state index in [4.69, 9.17) is 9.47 Å². The molecule has 48 heavy (non-hydrogen) atoms. The van der Waals surface area contributed by atoms with E-state index in [1.165, 1.54) is 39.7 Å². The summed E-state index contributed by atoms with van der Waals surface area (Å²) in [5.74, 6) is -2.95. The van der Waals surface area contributed by atoms with Crippen molar-refractivity contribution in [3.05, 3.63) is 75.6 Å². The summed E-state index contributed by atoms with van der Waals surface area (Å²) in [6, 6.07) is 7.08. The molecule has 1 fully saturated rings. The summed E-state index contributed by atoms with van der Waals surface area (Å²) in [6.07, 6.45) is 0.759. The number of ether oxygens (including phenoxy) is 2. The number of aliphatic carboxylic acids is 1. The number of hydrogen-bond donors (Lipinski definition) is 2. The van der Waals surface area contributed by atoms with Gasteiger partial charge in [-0.1, -0.05) is 6.07 Å². The summed E-state index contributed by atoms with van der Waals surface area (Å²) in [5, 5.41) is 17.7. The van der Waals surface area contributed by atoms with Crippen LogP contribution in [0.5, 0.6) is 5.75 Å². The van der Waals surface area contributed by atoms with Crippen LogP contribution in [0.3, 0.4) is 0 Å². The number of carbonyl (C=O) groups excluding carboxylic acids is 2. The number of carboxylic acid groups (broad SMARTS) is 1. The number of benzene rings is 2. The molecule has 2 aliphatic rings. The fourth-order valence-corrected chi connectivity index (χ4v) is 6.36. The van der Waals surface area contributed by atoms with Gasteiger partial charge in [0, 0.05) is 48.0 Å². The molecule has 11 nitrogen and oxygen atoms in total. The van der Waals surface area contributed by atoms with Crippen molar-refractivity contribution in [3.63, 3.8) is 0 Å². The van der Waals surface area contributed by atoms with E-state index >= 15 is 4.39 Å². The minimum atomic E-state index is -1.50. The Morgan fingerprint density at radius 3 is 2.56 bits per heavy atom. The standard InChI is InChI=1S/C35H37F2N5O6/c1-18-21-8-7-13-47-31(21)24(37)15-22(18)30-29(32(34(45)46)48-35(3,4)5)19(2)39-27-16-25(40-42(27)30)33(44)38-17-20-10-11-23(36)26(14-20)41-12-6-9-28(41)43/h10-11,14-16,32H,6-9,12-13,17H2,1-5H3,(H,38,44)(H,45,46)/t32-/m0/s1. The molecule has 252 valence electrons. The zero-order valence-corrected chi connectivity index (χ0v) is 27.4. The lowest BCUT2D eigenvalue weighted by Crippen LogP contribution is -2.29. The first kappa shape index (κ1) is 33.0. The van der Waals surface area contributed by atoms with Gasteiger partial charge in [-0.3, -0.25) is 9.59 Å². The van der Waals surface area contributed by atoms with Gasteiger partial charge in [0.05, 0.1) is 23.6 Å². The highest BCUT2D eigenvalue weighted by molar-refractivity contribution is 5.96. The first-order valence-corrected chi connectivity index (χ1v) is 15.9. The van der Waals surface area contributed by atoms with Crippen LogP contribution in [-0.4, -0.2) is 56.2 Å². The lowest BCUT2D eigenvalue weighted by atomic mass is 9.91. The van der Waals surface area contributed by atoms with E-state index in [1.54, 1.807) is 27.7 Å². The monoisotopic (exact) mass is 661 g/mol. The van der Waals surface area contributed by atoms with Crippen molar-refractivity contribution in [3.8, 4) is 17.0 Å². The van der Waals surface area contributed by atoms with E-state index in [9.17, 15) is 23.9 Å². The van der Waals surface area contributed by atoms with Crippen LogP contribution in [0.25, 0.3) is 16.9 Å². The molecule has 13 heteroatoms. The van der Waals surface area contributed by atoms with Gasteiger partial charge in [-0.15, -0.1) is 0 Å². The first-order valence-electron chi connectivity index (χ1n) is 15.9. The van der Waals surface area contributed by atoms with Crippen molar-refractivity contribution >= 4 is 29.1 Å². The maximum atomic E-state index is 15.6. The molecular weight excluding hydrogens is 624 g/mol. The summed E-state index contributed by atoms with van der Waals surface area (Å²) in [4.78, 5) is 44.4. The molecular formula is C35H37F2N5O6. The molecule has 2 amide bonds. The molecule has 6 rings (SSSR count). The Hall–Kier alpha value is -4.91. The van der Waals surface area contributed by atoms with Crippen LogP contribution >= 0.6 is 0 Å². The SMILES string of the molecule is Cc1nc2cc(C(=O)NCc3ccc(F)c(N4CCCC4=O)c3)nn2c(-c2cc(F)c3c(c2C)CCCO3)c1[C@H](OC(C)(C)C)C(=O)O. The molecule has 2 aromatic heterocycles. The largest absolute Gasteiger partial charge is 0.490 e. The van der Waals surface area contributed by atoms with E-state index in [-0.39, 0.29) is 46.5 Å². The second-order valence-corrected chi connectivity index (χ2v) is 13.1. The fraction of sp³-hybridized carbons (Fsp3) is 0.400. The second-order valence-electron chi connectivity index (χ2n) is 13.1. The van der Waals surface area contributed by atoms with Crippen LogP contribution in [0.1, 0.15) is 84.6 Å². The van der Waals surface area contributed by atoms with Crippen LogP contribution < -0.4 is 15.0 Å². The number of aryl methyl sites for hydroxylation is 1. The topological polar surface area (TPSA) is 135 Å². The molecule has 4 heterocycles. The predicted octanol–water partition coefficient (Wildman–Crippen LogP) is 5.61. The van der Waals surface area contributed by atoms with Crippen LogP contribution in [0, 0.1) is 25.5 Å². The summed E-state index contributed by atoms with van der Waals surface area (Å²) < 4.78 is 43.2. The molecule has 0 spiro atoms. The number of nitrogens with one attached hydrogen (secondary N) is 1. The van der Waals surface area contributed by atoms with Gasteiger partial charge in [-0.25, -0.2) is 23.1 Å². The van der Waals surface area contributed by atoms with Crippen molar-refractivity contribution in [2.24, 2.45) is 0 Å². The van der Waals surface area contributed by atoms with Crippen LogP contribution in [0.4, 0.5) is 14.5 Å². The number of fused-ring (bicyclic) bond motifs is 2. The number of anilines is 1. The Kier molecular flexibility index (Phi) is 8.67. The quantitative estimate of drug-likeness (QED) is 0.249. The average Bonchev–Trinajstić information content (AvgIpc) is 3.66. The molecule has 2 N–H and O–H groups in total. The summed E-state index contributed by atoms with van der Waals surface area (Å²) in [7, 11) is 0. The number of hydrogen-bond acceptors (Lipinski definition) is 7. The number of aromatic nitrogens is 3. The van der Waals surface area contributed by atoms with E-state index < -0.39 is 35.2 Å². The Labute approximate surface area is 275 Å². The predicted molar refractivity (Wildman–Crippen MR) is 172 cm³/mol. The molecule has 2 aromatic carbocycles. The minimum absolute atomic E-state index is 0.0161. The molecule has 0 aliphatic carbocycles. The molecule has 1 saturated heterocycles. The summed E-state index contributed by atoms with van der Waals surface area (Å²) in [5.41, 5.74) is 2.53. The van der Waals surface area contributed by atoms with Gasteiger partial charge in [-0.05, 0) is 83.2 Å². The summed E-state index contributed by atoms with van der Waals surface area (Å²) in [6.45, 7) is 9.48. The number of amides is 2. The number of rotatable bonds is 8. The van der Waals surface area contributed by atoms with E-state index in [1.807, 2.05) is 6.92 Å². The van der Waals surface area contributed by atoms with Gasteiger partial charge in [0.15, 0.2) is 29.0 Å². The maximum absolute atomic E-state index is 15.6. The molecule has 0 unspecified atom stereocenters. The van der Waals surface area contributed by atoms with Crippen molar-refractivity contribution in [1.82, 2.24) is 19.9 Å². The molecule has 0 saturated carbocycles. The van der Waals surface area contributed by atoms with Crippen molar-refractivity contribution in [1.29, 1.82) is 0 Å². The zero-order chi connectivity index (χ0) is 34.5. The van der Waals surface area contributed by atoms with E-state index in [2.05, 4.69) is 15.4 Å². The molecule has 0 radical (unpaired) electrons. The van der Waals surface area contributed by atoms with Crippen LogP contribution in [-0.2, 0) is 27.3 Å². The zero-order valence-electron chi connectivity index (χ0n) is 27.4. The molecule has 0 bridgehead atoms. The second kappa shape index (κ2) is 12.6. The molecule has 2 aliphatic heterocycles. The fourth-order valence-electron chi connectivity index (χ4n) is 6.36. The van der Waals surface area contributed by atoms with Gasteiger partial charge in [0.1, 0.15) is 5.82 Å². The van der Waals surface area contributed by atoms with Gasteiger partial charge in [-0.2, -0.15) is 5.10 Å². The average molecular weight is 662 g/mol. The number of carboxylic acids is 1. The highest BCUT2D eigenvalue weighted by Crippen LogP contribution is 2.41. The minimum Gasteiger partial charge on any atom is -0.490 e. The van der Waals surface area contributed by atoms with Gasteiger partial charge >= 0.3 is 5.97 Å².